The number of hydrogen-bond acceptors (Lipinski definition) is 3. The first-order chi connectivity index (χ1) is 7.18. The lowest BCUT2D eigenvalue weighted by Gasteiger charge is -2.23. The highest BCUT2D eigenvalue weighted by molar-refractivity contribution is 9.11. The molecule has 0 saturated carbocycles. The second-order valence-electron chi connectivity index (χ2n) is 3.57. The minimum absolute atomic E-state index is 0.143. The number of carbonyl (C=O) groups is 1. The van der Waals surface area contributed by atoms with Gasteiger partial charge in [-0.3, -0.25) is 4.79 Å². The van der Waals surface area contributed by atoms with Crippen LogP contribution in [0.4, 0.5) is 0 Å². The number of nitrogens with zero attached hydrogens (tertiary/aromatic N) is 1. The SMILES string of the molecule is CN(C(=O)c1csc(Br)c1)C1CCSC1. The maximum absolute atomic E-state index is 12.0. The third-order valence-electron chi connectivity index (χ3n) is 2.59. The number of hydrogen-bond donors (Lipinski definition) is 0. The Bertz CT molecular complexity index is 360. The third-order valence-corrected chi connectivity index (χ3v) is 5.24. The molecule has 2 heterocycles. The molecule has 1 amide bonds. The summed E-state index contributed by atoms with van der Waals surface area (Å²) in [4.78, 5) is 13.9. The zero-order chi connectivity index (χ0) is 10.8. The van der Waals surface area contributed by atoms with Gasteiger partial charge in [0.05, 0.1) is 9.35 Å². The van der Waals surface area contributed by atoms with Crippen molar-refractivity contribution in [1.82, 2.24) is 4.90 Å². The van der Waals surface area contributed by atoms with Gasteiger partial charge in [-0.2, -0.15) is 11.8 Å². The summed E-state index contributed by atoms with van der Waals surface area (Å²) in [6, 6.07) is 2.31. The van der Waals surface area contributed by atoms with E-state index in [2.05, 4.69) is 15.9 Å². The maximum Gasteiger partial charge on any atom is 0.254 e. The zero-order valence-electron chi connectivity index (χ0n) is 8.40. The first-order valence-electron chi connectivity index (χ1n) is 4.77. The van der Waals surface area contributed by atoms with Crippen LogP contribution in [-0.2, 0) is 0 Å². The van der Waals surface area contributed by atoms with Crippen LogP contribution in [0.2, 0.25) is 0 Å². The van der Waals surface area contributed by atoms with Gasteiger partial charge in [-0.05, 0) is 34.2 Å². The molecule has 1 aliphatic rings. The Morgan fingerprint density at radius 2 is 2.47 bits per heavy atom. The Labute approximate surface area is 106 Å². The van der Waals surface area contributed by atoms with Crippen molar-refractivity contribution in [3.05, 3.63) is 20.8 Å². The highest BCUT2D eigenvalue weighted by Crippen LogP contribution is 2.25. The highest BCUT2D eigenvalue weighted by atomic mass is 79.9. The molecule has 1 aliphatic heterocycles. The molecule has 0 radical (unpaired) electrons. The summed E-state index contributed by atoms with van der Waals surface area (Å²) in [5, 5.41) is 1.91. The molecule has 2 nitrogen and oxygen atoms in total. The standard InChI is InChI=1S/C10H12BrNOS2/c1-12(8-2-3-14-6-8)10(13)7-4-9(11)15-5-7/h4-5,8H,2-3,6H2,1H3. The number of amides is 1. The quantitative estimate of drug-likeness (QED) is 0.837. The lowest BCUT2D eigenvalue weighted by atomic mass is 10.2. The van der Waals surface area contributed by atoms with Gasteiger partial charge in [0.25, 0.3) is 5.91 Å². The van der Waals surface area contributed by atoms with Crippen molar-refractivity contribution in [2.24, 2.45) is 0 Å². The molecule has 5 heteroatoms. The molecule has 15 heavy (non-hydrogen) atoms. The van der Waals surface area contributed by atoms with Crippen molar-refractivity contribution in [2.75, 3.05) is 18.6 Å². The van der Waals surface area contributed by atoms with Crippen LogP contribution in [0.1, 0.15) is 16.8 Å². The fraction of sp³-hybridized carbons (Fsp3) is 0.500. The predicted molar refractivity (Wildman–Crippen MR) is 69.8 cm³/mol. The van der Waals surface area contributed by atoms with E-state index in [0.717, 1.165) is 21.5 Å². The number of rotatable bonds is 2. The van der Waals surface area contributed by atoms with Crippen LogP contribution in [0.5, 0.6) is 0 Å². The van der Waals surface area contributed by atoms with Crippen molar-refractivity contribution < 1.29 is 4.79 Å². The molecule has 1 unspecified atom stereocenters. The fourth-order valence-corrected chi connectivity index (χ4v) is 4.02. The number of thioether (sulfide) groups is 1. The molecule has 0 bridgehead atoms. The summed E-state index contributed by atoms with van der Waals surface area (Å²) in [5.41, 5.74) is 0.797. The van der Waals surface area contributed by atoms with Crippen LogP contribution in [-0.4, -0.2) is 35.4 Å². The summed E-state index contributed by atoms with van der Waals surface area (Å²) in [6.45, 7) is 0. The van der Waals surface area contributed by atoms with Gasteiger partial charge in [-0.15, -0.1) is 11.3 Å². The van der Waals surface area contributed by atoms with Gasteiger partial charge < -0.3 is 4.90 Å². The van der Waals surface area contributed by atoms with Gasteiger partial charge in [0.2, 0.25) is 0 Å². The molecule has 82 valence electrons. The van der Waals surface area contributed by atoms with E-state index in [0.29, 0.717) is 6.04 Å². The Hall–Kier alpha value is -0.000000000000000111. The smallest absolute Gasteiger partial charge is 0.254 e. The average Bonchev–Trinajstić information content (AvgIpc) is 2.85. The van der Waals surface area contributed by atoms with E-state index in [1.165, 1.54) is 5.75 Å². The van der Waals surface area contributed by atoms with Gasteiger partial charge in [0, 0.05) is 24.2 Å². The van der Waals surface area contributed by atoms with E-state index >= 15 is 0 Å². The first-order valence-corrected chi connectivity index (χ1v) is 7.60. The first kappa shape index (κ1) is 11.5. The molecule has 1 saturated heterocycles. The van der Waals surface area contributed by atoms with Crippen molar-refractivity contribution in [1.29, 1.82) is 0 Å². The molecule has 1 aromatic rings. The second-order valence-corrected chi connectivity index (χ2v) is 7.01. The number of thiophene rings is 1. The van der Waals surface area contributed by atoms with E-state index in [9.17, 15) is 4.79 Å². The van der Waals surface area contributed by atoms with Crippen LogP contribution >= 0.6 is 39.0 Å². The molecular formula is C10H12BrNOS2. The van der Waals surface area contributed by atoms with Crippen LogP contribution in [0.3, 0.4) is 0 Å². The largest absolute Gasteiger partial charge is 0.338 e. The lowest BCUT2D eigenvalue weighted by Crippen LogP contribution is -2.36. The maximum atomic E-state index is 12.0. The average molecular weight is 306 g/mol. The van der Waals surface area contributed by atoms with Gasteiger partial charge in [-0.25, -0.2) is 0 Å². The predicted octanol–water partition coefficient (Wildman–Crippen LogP) is 3.09. The molecule has 0 aliphatic carbocycles. The Kier molecular flexibility index (Phi) is 3.74. The molecule has 2 rings (SSSR count). The van der Waals surface area contributed by atoms with Gasteiger partial charge in [0.15, 0.2) is 0 Å². The van der Waals surface area contributed by atoms with E-state index < -0.39 is 0 Å². The molecule has 1 aromatic heterocycles. The van der Waals surface area contributed by atoms with Crippen LogP contribution in [0.15, 0.2) is 15.2 Å². The fourth-order valence-electron chi connectivity index (χ4n) is 1.62. The zero-order valence-corrected chi connectivity index (χ0v) is 11.6. The van der Waals surface area contributed by atoms with Crippen LogP contribution in [0.25, 0.3) is 0 Å². The van der Waals surface area contributed by atoms with Crippen molar-refractivity contribution in [2.45, 2.75) is 12.5 Å². The van der Waals surface area contributed by atoms with E-state index in [4.69, 9.17) is 0 Å². The third kappa shape index (κ3) is 2.57. The van der Waals surface area contributed by atoms with Gasteiger partial charge in [0.1, 0.15) is 0 Å². The monoisotopic (exact) mass is 305 g/mol. The summed E-state index contributed by atoms with van der Waals surface area (Å²) in [6.07, 6.45) is 1.12. The summed E-state index contributed by atoms with van der Waals surface area (Å²) in [7, 11) is 1.91. The van der Waals surface area contributed by atoms with Crippen molar-refractivity contribution in [3.8, 4) is 0 Å². The molecular weight excluding hydrogens is 294 g/mol. The van der Waals surface area contributed by atoms with E-state index in [1.54, 1.807) is 11.3 Å². The van der Waals surface area contributed by atoms with Gasteiger partial charge >= 0.3 is 0 Å². The van der Waals surface area contributed by atoms with Gasteiger partial charge in [-0.1, -0.05) is 0 Å². The number of carbonyl (C=O) groups excluding carboxylic acids is 1. The summed E-state index contributed by atoms with van der Waals surface area (Å²) < 4.78 is 1.01. The Morgan fingerprint density at radius 3 is 3.00 bits per heavy atom. The Morgan fingerprint density at radius 1 is 1.67 bits per heavy atom. The van der Waals surface area contributed by atoms with Crippen molar-refractivity contribution >= 4 is 44.9 Å². The van der Waals surface area contributed by atoms with E-state index in [1.807, 2.05) is 35.2 Å². The molecule has 1 fully saturated rings. The molecule has 0 N–H and O–H groups in total. The molecule has 0 aromatic carbocycles. The van der Waals surface area contributed by atoms with Crippen LogP contribution in [0, 0.1) is 0 Å². The molecule has 1 atom stereocenters. The lowest BCUT2D eigenvalue weighted by molar-refractivity contribution is 0.0748. The van der Waals surface area contributed by atoms with E-state index in [-0.39, 0.29) is 5.91 Å². The highest BCUT2D eigenvalue weighted by Gasteiger charge is 2.24. The normalized spacial score (nSPS) is 20.5. The summed E-state index contributed by atoms with van der Waals surface area (Å²) >= 11 is 6.86. The minimum Gasteiger partial charge on any atom is -0.338 e. The topological polar surface area (TPSA) is 20.3 Å². The molecule has 0 spiro atoms. The second kappa shape index (κ2) is 4.89. The van der Waals surface area contributed by atoms with Crippen LogP contribution < -0.4 is 0 Å². The summed E-state index contributed by atoms with van der Waals surface area (Å²) in [5.74, 6) is 2.40. The Balaban J connectivity index is 2.06. The van der Waals surface area contributed by atoms with Crippen molar-refractivity contribution in [3.63, 3.8) is 0 Å². The minimum atomic E-state index is 0.143. The number of halogens is 1.